The Bertz CT molecular complexity index is 1250. The third kappa shape index (κ3) is 5.90. The second kappa shape index (κ2) is 10.6. The van der Waals surface area contributed by atoms with Gasteiger partial charge in [0.25, 0.3) is 17.7 Å². The van der Waals surface area contributed by atoms with Gasteiger partial charge < -0.3 is 10.1 Å². The fraction of sp³-hybridized carbons (Fsp3) is 0.0833. The summed E-state index contributed by atoms with van der Waals surface area (Å²) in [5.41, 5.74) is 5.12. The Hall–Kier alpha value is -3.47. The Morgan fingerprint density at radius 3 is 2.50 bits per heavy atom. The average molecular weight is 510 g/mol. The van der Waals surface area contributed by atoms with Crippen LogP contribution in [-0.4, -0.2) is 33.7 Å². The van der Waals surface area contributed by atoms with E-state index in [2.05, 4.69) is 10.7 Å². The van der Waals surface area contributed by atoms with Gasteiger partial charge in [0.05, 0.1) is 9.78 Å². The lowest BCUT2D eigenvalue weighted by atomic mass is 10.2. The van der Waals surface area contributed by atoms with Gasteiger partial charge in [0.1, 0.15) is 5.75 Å². The third-order valence-electron chi connectivity index (χ3n) is 4.64. The molecule has 2 N–H and O–H groups in total. The Morgan fingerprint density at radius 2 is 1.82 bits per heavy atom. The summed E-state index contributed by atoms with van der Waals surface area (Å²) in [4.78, 5) is 37.9. The largest absolute Gasteiger partial charge is 0.484 e. The number of aryl methyl sites for hydroxylation is 1. The lowest BCUT2D eigenvalue weighted by Gasteiger charge is -2.14. The van der Waals surface area contributed by atoms with Crippen molar-refractivity contribution < 1.29 is 19.1 Å². The molecule has 0 aliphatic carbocycles. The van der Waals surface area contributed by atoms with Crippen LogP contribution >= 0.6 is 35.3 Å². The molecule has 1 aromatic heterocycles. The van der Waals surface area contributed by atoms with Crippen LogP contribution in [0, 0.1) is 6.92 Å². The van der Waals surface area contributed by atoms with Crippen molar-refractivity contribution in [3.05, 3.63) is 87.0 Å². The molecule has 7 nitrogen and oxygen atoms in total. The van der Waals surface area contributed by atoms with Crippen LogP contribution in [0.5, 0.6) is 5.75 Å². The van der Waals surface area contributed by atoms with E-state index in [1.54, 1.807) is 47.9 Å². The normalized spacial score (nSPS) is 14.4. The van der Waals surface area contributed by atoms with Crippen LogP contribution in [0.1, 0.15) is 20.8 Å². The number of thiocarbonyl (C=S) groups is 1. The number of carbonyl (C=O) groups is 3. The highest BCUT2D eigenvalue weighted by molar-refractivity contribution is 8.26. The average Bonchev–Trinajstić information content (AvgIpc) is 3.45. The molecule has 4 rings (SSSR count). The Balaban J connectivity index is 1.32. The zero-order chi connectivity index (χ0) is 24.1. The highest BCUT2D eigenvalue weighted by atomic mass is 32.2. The van der Waals surface area contributed by atoms with Gasteiger partial charge in [0.15, 0.2) is 10.9 Å². The predicted octanol–water partition coefficient (Wildman–Crippen LogP) is 4.62. The van der Waals surface area contributed by atoms with Crippen LogP contribution in [0.25, 0.3) is 6.08 Å². The molecule has 1 aliphatic heterocycles. The zero-order valence-corrected chi connectivity index (χ0v) is 20.4. The standard InChI is InChI=1S/C24H19N3O4S3/c1-15-4-8-17(9-5-15)25-21(28)14-31-18-10-6-16(7-11-18)13-20-23(30)27(24(32)34-20)26-22(29)19-3-2-12-33-19/h2-13H,14H2,1H3,(H,25,28)(H,26,29)/b20-13+. The summed E-state index contributed by atoms with van der Waals surface area (Å²) in [5, 5.41) is 5.64. The number of anilines is 1. The van der Waals surface area contributed by atoms with Crippen molar-refractivity contribution in [1.82, 2.24) is 10.4 Å². The second-order valence-corrected chi connectivity index (χ2v) is 9.83. The molecule has 2 heterocycles. The minimum atomic E-state index is -0.395. The topological polar surface area (TPSA) is 87.7 Å². The number of nitrogens with one attached hydrogen (secondary N) is 2. The van der Waals surface area contributed by atoms with E-state index in [0.29, 0.717) is 21.2 Å². The van der Waals surface area contributed by atoms with Crippen molar-refractivity contribution in [3.63, 3.8) is 0 Å². The van der Waals surface area contributed by atoms with Crippen LogP contribution in [0.15, 0.2) is 70.9 Å². The minimum absolute atomic E-state index is 0.129. The molecule has 1 fully saturated rings. The van der Waals surface area contributed by atoms with Crippen molar-refractivity contribution in [2.45, 2.75) is 6.92 Å². The fourth-order valence-electron chi connectivity index (χ4n) is 2.92. The molecule has 0 saturated carbocycles. The maximum Gasteiger partial charge on any atom is 0.285 e. The van der Waals surface area contributed by atoms with E-state index in [0.717, 1.165) is 27.9 Å². The Kier molecular flexibility index (Phi) is 7.41. The van der Waals surface area contributed by atoms with Crippen molar-refractivity contribution >= 4 is 69.1 Å². The molecule has 34 heavy (non-hydrogen) atoms. The molecule has 172 valence electrons. The number of hydrogen-bond acceptors (Lipinski definition) is 7. The fourth-order valence-corrected chi connectivity index (χ4v) is 4.72. The van der Waals surface area contributed by atoms with E-state index in [9.17, 15) is 14.4 Å². The molecule has 0 radical (unpaired) electrons. The highest BCUT2D eigenvalue weighted by Crippen LogP contribution is 2.32. The number of hydrogen-bond donors (Lipinski definition) is 2. The predicted molar refractivity (Wildman–Crippen MR) is 139 cm³/mol. The van der Waals surface area contributed by atoms with Gasteiger partial charge in [0.2, 0.25) is 0 Å². The van der Waals surface area contributed by atoms with E-state index < -0.39 is 5.91 Å². The molecule has 2 aromatic carbocycles. The summed E-state index contributed by atoms with van der Waals surface area (Å²) in [6, 6.07) is 17.9. The van der Waals surface area contributed by atoms with Gasteiger partial charge in [-0.1, -0.05) is 47.7 Å². The molecule has 0 unspecified atom stereocenters. The maximum atomic E-state index is 12.7. The van der Waals surface area contributed by atoms with Crippen LogP contribution in [0.2, 0.25) is 0 Å². The number of rotatable bonds is 7. The Morgan fingerprint density at radius 1 is 1.09 bits per heavy atom. The number of ether oxygens (including phenoxy) is 1. The summed E-state index contributed by atoms with van der Waals surface area (Å²) in [6.45, 7) is 1.85. The summed E-state index contributed by atoms with van der Waals surface area (Å²) >= 11 is 7.64. The van der Waals surface area contributed by atoms with Crippen molar-refractivity contribution in [3.8, 4) is 5.75 Å². The SMILES string of the molecule is Cc1ccc(NC(=O)COc2ccc(/C=C3/SC(=S)N(NC(=O)c4cccs4)C3=O)cc2)cc1. The van der Waals surface area contributed by atoms with E-state index in [4.69, 9.17) is 17.0 Å². The molecule has 3 amide bonds. The van der Waals surface area contributed by atoms with Crippen LogP contribution in [0.3, 0.4) is 0 Å². The van der Waals surface area contributed by atoms with Gasteiger partial charge in [-0.25, -0.2) is 0 Å². The molecule has 0 spiro atoms. The molecule has 0 atom stereocenters. The minimum Gasteiger partial charge on any atom is -0.484 e. The monoisotopic (exact) mass is 509 g/mol. The van der Waals surface area contributed by atoms with Crippen LogP contribution in [0.4, 0.5) is 5.69 Å². The second-order valence-electron chi connectivity index (χ2n) is 7.21. The summed E-state index contributed by atoms with van der Waals surface area (Å²) < 4.78 is 5.79. The van der Waals surface area contributed by atoms with Gasteiger partial charge in [-0.15, -0.1) is 11.3 Å². The van der Waals surface area contributed by atoms with E-state index in [1.807, 2.05) is 31.2 Å². The molecular formula is C24H19N3O4S3. The molecule has 1 saturated heterocycles. The van der Waals surface area contributed by atoms with Crippen molar-refractivity contribution in [1.29, 1.82) is 0 Å². The number of hydrazine groups is 1. The van der Waals surface area contributed by atoms with Crippen molar-refractivity contribution in [2.75, 3.05) is 11.9 Å². The first-order valence-corrected chi connectivity index (χ1v) is 12.2. The summed E-state index contributed by atoms with van der Waals surface area (Å²) in [7, 11) is 0. The van der Waals surface area contributed by atoms with Gasteiger partial charge >= 0.3 is 0 Å². The van der Waals surface area contributed by atoms with E-state index in [1.165, 1.54) is 11.3 Å². The lowest BCUT2D eigenvalue weighted by Crippen LogP contribution is -2.44. The first kappa shape index (κ1) is 23.7. The molecular weight excluding hydrogens is 490 g/mol. The number of thiophene rings is 1. The van der Waals surface area contributed by atoms with Crippen molar-refractivity contribution in [2.24, 2.45) is 0 Å². The third-order valence-corrected chi connectivity index (χ3v) is 6.81. The van der Waals surface area contributed by atoms with Gasteiger partial charge in [-0.3, -0.25) is 19.8 Å². The highest BCUT2D eigenvalue weighted by Gasteiger charge is 2.33. The van der Waals surface area contributed by atoms with Gasteiger partial charge in [-0.05, 0) is 66.5 Å². The van der Waals surface area contributed by atoms with Gasteiger partial charge in [-0.2, -0.15) is 5.01 Å². The lowest BCUT2D eigenvalue weighted by molar-refractivity contribution is -0.123. The number of benzene rings is 2. The number of carbonyl (C=O) groups excluding carboxylic acids is 3. The molecule has 3 aromatic rings. The zero-order valence-electron chi connectivity index (χ0n) is 17.9. The molecule has 0 bridgehead atoms. The number of amides is 3. The smallest absolute Gasteiger partial charge is 0.285 e. The number of nitrogens with zero attached hydrogens (tertiary/aromatic N) is 1. The van der Waals surface area contributed by atoms with Crippen LogP contribution in [-0.2, 0) is 9.59 Å². The molecule has 10 heteroatoms. The quantitative estimate of drug-likeness (QED) is 0.357. The summed E-state index contributed by atoms with van der Waals surface area (Å²) in [6.07, 6.45) is 1.68. The number of thioether (sulfide) groups is 1. The Labute approximate surface area is 209 Å². The first-order valence-electron chi connectivity index (χ1n) is 10.1. The first-order chi connectivity index (χ1) is 16.4. The van der Waals surface area contributed by atoms with E-state index >= 15 is 0 Å². The molecule has 1 aliphatic rings. The van der Waals surface area contributed by atoms with Gasteiger partial charge in [0, 0.05) is 5.69 Å². The maximum absolute atomic E-state index is 12.7. The summed E-state index contributed by atoms with van der Waals surface area (Å²) in [5.74, 6) is -0.526. The van der Waals surface area contributed by atoms with E-state index in [-0.39, 0.29) is 22.7 Å². The van der Waals surface area contributed by atoms with Crippen LogP contribution < -0.4 is 15.5 Å².